The Kier molecular flexibility index (Phi) is 1.40. The molecule has 20 heavy (non-hydrogen) atoms. The highest BCUT2D eigenvalue weighted by atomic mass is 32.1. The minimum Gasteiger partial charge on any atom is -0.393 e. The Hall–Kier alpha value is -0.890. The van der Waals surface area contributed by atoms with E-state index in [2.05, 4.69) is 30.3 Å². The van der Waals surface area contributed by atoms with Crippen LogP contribution in [0.2, 0.25) is 0 Å². The van der Waals surface area contributed by atoms with Crippen LogP contribution in [0, 0.1) is 28.1 Å². The third-order valence-electron chi connectivity index (χ3n) is 8.41. The SMILES string of the molecule is NC(=S)C12CC3C4(CC4)C4CC(c5ccccc5)(C1)C342. The minimum absolute atomic E-state index is 0.250. The highest BCUT2D eigenvalue weighted by Gasteiger charge is 3.01. The van der Waals surface area contributed by atoms with Gasteiger partial charge in [0, 0.05) is 10.8 Å². The van der Waals surface area contributed by atoms with Crippen molar-refractivity contribution < 1.29 is 0 Å². The topological polar surface area (TPSA) is 26.0 Å². The maximum atomic E-state index is 6.22. The molecule has 5 atom stereocenters. The van der Waals surface area contributed by atoms with Crippen LogP contribution in [0.5, 0.6) is 0 Å². The zero-order valence-electron chi connectivity index (χ0n) is 11.6. The van der Waals surface area contributed by atoms with Crippen LogP contribution in [-0.4, -0.2) is 4.99 Å². The maximum Gasteiger partial charge on any atom is 0.0796 e. The standard InChI is InChI=1S/C18H19NS/c19-14(20)17-9-13-15(6-7-15)12-8-16(10-17,18(12,13)17)11-4-2-1-3-5-11/h1-5,12-13H,6-10H2,(H2,19,20). The summed E-state index contributed by atoms with van der Waals surface area (Å²) in [5.41, 5.74) is 9.74. The molecule has 2 heteroatoms. The molecule has 0 saturated heterocycles. The quantitative estimate of drug-likeness (QED) is 0.841. The van der Waals surface area contributed by atoms with Crippen molar-refractivity contribution >= 4 is 17.2 Å². The van der Waals surface area contributed by atoms with Crippen molar-refractivity contribution in [3.63, 3.8) is 0 Å². The van der Waals surface area contributed by atoms with Crippen molar-refractivity contribution in [1.29, 1.82) is 0 Å². The summed E-state index contributed by atoms with van der Waals surface area (Å²) >= 11 is 5.52. The Morgan fingerprint density at radius 1 is 1.10 bits per heavy atom. The van der Waals surface area contributed by atoms with Crippen LogP contribution in [0.15, 0.2) is 30.3 Å². The number of fused-ring (bicyclic) bond motifs is 2. The second-order valence-electron chi connectivity index (χ2n) is 8.19. The Bertz CT molecular complexity index is 668. The van der Waals surface area contributed by atoms with Crippen LogP contribution in [0.25, 0.3) is 0 Å². The first-order chi connectivity index (χ1) is 9.64. The second kappa shape index (κ2) is 2.61. The van der Waals surface area contributed by atoms with E-state index in [-0.39, 0.29) is 5.41 Å². The van der Waals surface area contributed by atoms with Gasteiger partial charge in [-0.2, -0.15) is 0 Å². The molecule has 2 spiro atoms. The summed E-state index contributed by atoms with van der Waals surface area (Å²) in [5.74, 6) is 1.90. The molecule has 1 aromatic carbocycles. The first kappa shape index (κ1) is 10.8. The molecule has 1 nitrogen and oxygen atoms in total. The lowest BCUT2D eigenvalue weighted by Crippen LogP contribution is -2.97. The summed E-state index contributed by atoms with van der Waals surface area (Å²) in [4.78, 5) is 0.834. The van der Waals surface area contributed by atoms with E-state index in [0.717, 1.165) is 22.2 Å². The van der Waals surface area contributed by atoms with Gasteiger partial charge in [0.2, 0.25) is 0 Å². The molecule has 0 heterocycles. The molecule has 2 N–H and O–H groups in total. The van der Waals surface area contributed by atoms with Crippen LogP contribution < -0.4 is 5.73 Å². The molecule has 0 aromatic heterocycles. The molecule has 0 amide bonds. The highest BCUT2D eigenvalue weighted by molar-refractivity contribution is 7.80. The Labute approximate surface area is 124 Å². The van der Waals surface area contributed by atoms with E-state index in [0.29, 0.717) is 10.8 Å². The molecular weight excluding hydrogens is 262 g/mol. The van der Waals surface area contributed by atoms with Crippen LogP contribution in [-0.2, 0) is 5.41 Å². The van der Waals surface area contributed by atoms with Crippen molar-refractivity contribution in [3.05, 3.63) is 35.9 Å². The second-order valence-corrected chi connectivity index (χ2v) is 8.63. The molecule has 5 saturated carbocycles. The molecule has 1 aromatic rings. The molecular formula is C18H19NS. The molecule has 0 aliphatic heterocycles. The maximum absolute atomic E-state index is 6.22. The van der Waals surface area contributed by atoms with Gasteiger partial charge in [0.15, 0.2) is 0 Å². The summed E-state index contributed by atoms with van der Waals surface area (Å²) in [6.07, 6.45) is 6.94. The van der Waals surface area contributed by atoms with E-state index in [4.69, 9.17) is 18.0 Å². The van der Waals surface area contributed by atoms with Crippen molar-refractivity contribution in [2.75, 3.05) is 0 Å². The highest BCUT2D eigenvalue weighted by Crippen LogP contribution is 3.04. The predicted molar refractivity (Wildman–Crippen MR) is 82.3 cm³/mol. The molecule has 102 valence electrons. The zero-order valence-corrected chi connectivity index (χ0v) is 12.4. The van der Waals surface area contributed by atoms with Crippen LogP contribution in [0.3, 0.4) is 0 Å². The Morgan fingerprint density at radius 2 is 1.80 bits per heavy atom. The normalized spacial score (nSPS) is 54.4. The lowest BCUT2D eigenvalue weighted by Gasteiger charge is -2.98. The van der Waals surface area contributed by atoms with Crippen molar-refractivity contribution in [2.24, 2.45) is 33.8 Å². The summed E-state index contributed by atoms with van der Waals surface area (Å²) in [7, 11) is 0. The van der Waals surface area contributed by atoms with Gasteiger partial charge in [-0.1, -0.05) is 42.5 Å². The number of rotatable bonds is 2. The largest absolute Gasteiger partial charge is 0.393 e. The number of thiocarbonyl (C=S) groups is 1. The van der Waals surface area contributed by atoms with Gasteiger partial charge in [0.1, 0.15) is 0 Å². The van der Waals surface area contributed by atoms with Gasteiger partial charge < -0.3 is 5.73 Å². The summed E-state index contributed by atoms with van der Waals surface area (Å²) < 4.78 is 0. The fourth-order valence-electron chi connectivity index (χ4n) is 7.88. The van der Waals surface area contributed by atoms with Gasteiger partial charge in [-0.25, -0.2) is 0 Å². The van der Waals surface area contributed by atoms with Gasteiger partial charge in [-0.05, 0) is 60.3 Å². The van der Waals surface area contributed by atoms with E-state index >= 15 is 0 Å². The van der Waals surface area contributed by atoms with E-state index in [9.17, 15) is 0 Å². The average Bonchev–Trinajstić information content (AvgIpc) is 3.17. The van der Waals surface area contributed by atoms with Gasteiger partial charge >= 0.3 is 0 Å². The first-order valence-corrected chi connectivity index (χ1v) is 8.40. The van der Waals surface area contributed by atoms with Gasteiger partial charge in [-0.15, -0.1) is 0 Å². The van der Waals surface area contributed by atoms with Crippen LogP contribution in [0.4, 0.5) is 0 Å². The molecule has 6 rings (SSSR count). The Balaban J connectivity index is 1.53. The minimum atomic E-state index is 0.250. The fourth-order valence-corrected chi connectivity index (χ4v) is 8.21. The number of nitrogens with two attached hydrogens (primary N) is 1. The number of benzene rings is 1. The first-order valence-electron chi connectivity index (χ1n) is 8.00. The fraction of sp³-hybridized carbons (Fsp3) is 0.611. The van der Waals surface area contributed by atoms with E-state index in [1.165, 1.54) is 32.1 Å². The van der Waals surface area contributed by atoms with E-state index < -0.39 is 0 Å². The smallest absolute Gasteiger partial charge is 0.0796 e. The van der Waals surface area contributed by atoms with Gasteiger partial charge in [0.25, 0.3) is 0 Å². The summed E-state index contributed by atoms with van der Waals surface area (Å²) in [6.45, 7) is 0. The van der Waals surface area contributed by atoms with E-state index in [1.807, 2.05) is 0 Å². The molecule has 0 radical (unpaired) electrons. The lowest BCUT2D eigenvalue weighted by atomic mass is 9.05. The molecule has 5 aliphatic rings. The van der Waals surface area contributed by atoms with Crippen molar-refractivity contribution in [1.82, 2.24) is 0 Å². The third kappa shape index (κ3) is 0.659. The van der Waals surface area contributed by atoms with Crippen molar-refractivity contribution in [3.8, 4) is 0 Å². The number of hydrogen-bond acceptors (Lipinski definition) is 1. The predicted octanol–water partition coefficient (Wildman–Crippen LogP) is 3.42. The Morgan fingerprint density at radius 3 is 2.40 bits per heavy atom. The van der Waals surface area contributed by atoms with Crippen LogP contribution in [0.1, 0.15) is 37.7 Å². The zero-order chi connectivity index (χ0) is 13.4. The monoisotopic (exact) mass is 281 g/mol. The van der Waals surface area contributed by atoms with Crippen LogP contribution >= 0.6 is 12.2 Å². The third-order valence-corrected chi connectivity index (χ3v) is 8.80. The molecule has 5 unspecified atom stereocenters. The average molecular weight is 281 g/mol. The summed E-state index contributed by atoms with van der Waals surface area (Å²) in [5, 5.41) is 0. The number of hydrogen-bond donors (Lipinski definition) is 1. The molecule has 0 bridgehead atoms. The lowest BCUT2D eigenvalue weighted by molar-refractivity contribution is -0.460. The van der Waals surface area contributed by atoms with Crippen molar-refractivity contribution in [2.45, 2.75) is 37.5 Å². The summed E-state index contributed by atoms with van der Waals surface area (Å²) in [6, 6.07) is 11.2. The molecule has 5 aliphatic carbocycles. The van der Waals surface area contributed by atoms with E-state index in [1.54, 1.807) is 5.56 Å². The van der Waals surface area contributed by atoms with Gasteiger partial charge in [-0.3, -0.25) is 0 Å². The molecule has 5 fully saturated rings. The van der Waals surface area contributed by atoms with Gasteiger partial charge in [0.05, 0.1) is 4.99 Å².